The summed E-state index contributed by atoms with van der Waals surface area (Å²) in [6.45, 7) is 2.43. The third-order valence-electron chi connectivity index (χ3n) is 4.78. The summed E-state index contributed by atoms with van der Waals surface area (Å²) in [4.78, 5) is 26.9. The molecule has 174 valence electrons. The van der Waals surface area contributed by atoms with Crippen LogP contribution in [0.5, 0.6) is 11.5 Å². The number of hydrogen-bond acceptors (Lipinski definition) is 5. The van der Waals surface area contributed by atoms with Crippen molar-refractivity contribution in [3.8, 4) is 11.5 Å². The van der Waals surface area contributed by atoms with Crippen molar-refractivity contribution in [3.05, 3.63) is 91.1 Å². The van der Waals surface area contributed by atoms with Crippen molar-refractivity contribution in [1.82, 2.24) is 0 Å². The Morgan fingerprint density at radius 1 is 1.09 bits per heavy atom. The fourth-order valence-electron chi connectivity index (χ4n) is 3.29. The van der Waals surface area contributed by atoms with Crippen LogP contribution in [-0.2, 0) is 11.4 Å². The van der Waals surface area contributed by atoms with Crippen LogP contribution in [0.25, 0.3) is 6.08 Å². The number of imide groups is 1. The van der Waals surface area contributed by atoms with Crippen LogP contribution in [0.3, 0.4) is 0 Å². The number of rotatable bonds is 7. The second-order valence-electron chi connectivity index (χ2n) is 7.18. The summed E-state index contributed by atoms with van der Waals surface area (Å²) >= 11 is 8.91. The van der Waals surface area contributed by atoms with Gasteiger partial charge < -0.3 is 9.47 Å². The average molecular weight is 610 g/mol. The first-order valence-corrected chi connectivity index (χ1v) is 12.5. The normalized spacial score (nSPS) is 14.7. The van der Waals surface area contributed by atoms with Crippen molar-refractivity contribution in [2.24, 2.45) is 0 Å². The highest BCUT2D eigenvalue weighted by molar-refractivity contribution is 14.1. The van der Waals surface area contributed by atoms with E-state index in [2.05, 4.69) is 22.6 Å². The second kappa shape index (κ2) is 10.8. The van der Waals surface area contributed by atoms with Gasteiger partial charge in [0.1, 0.15) is 12.4 Å². The highest BCUT2D eigenvalue weighted by Crippen LogP contribution is 2.39. The summed E-state index contributed by atoms with van der Waals surface area (Å²) in [5.74, 6) is 0.285. The highest BCUT2D eigenvalue weighted by Gasteiger charge is 2.36. The van der Waals surface area contributed by atoms with Crippen molar-refractivity contribution >= 4 is 68.9 Å². The van der Waals surface area contributed by atoms with Gasteiger partial charge in [0.05, 0.1) is 20.8 Å². The van der Waals surface area contributed by atoms with Crippen molar-refractivity contribution < 1.29 is 23.5 Å². The van der Waals surface area contributed by atoms with Crippen LogP contribution in [0.15, 0.2) is 65.6 Å². The van der Waals surface area contributed by atoms with E-state index in [0.29, 0.717) is 44.8 Å². The molecule has 3 aromatic carbocycles. The van der Waals surface area contributed by atoms with E-state index in [-0.39, 0.29) is 17.7 Å². The van der Waals surface area contributed by atoms with E-state index in [9.17, 15) is 14.0 Å². The summed E-state index contributed by atoms with van der Waals surface area (Å²) < 4.78 is 25.9. The molecule has 9 heteroatoms. The van der Waals surface area contributed by atoms with E-state index in [1.807, 2.05) is 13.0 Å². The summed E-state index contributed by atoms with van der Waals surface area (Å²) in [6.07, 6.45) is 1.65. The number of carbonyl (C=O) groups excluding carboxylic acids is 2. The molecule has 0 aliphatic carbocycles. The van der Waals surface area contributed by atoms with Gasteiger partial charge in [-0.3, -0.25) is 9.59 Å². The average Bonchev–Trinajstić information content (AvgIpc) is 3.07. The molecule has 0 saturated carbocycles. The second-order valence-corrected chi connectivity index (χ2v) is 9.77. The number of amides is 2. The van der Waals surface area contributed by atoms with Gasteiger partial charge >= 0.3 is 0 Å². The first kappa shape index (κ1) is 24.6. The summed E-state index contributed by atoms with van der Waals surface area (Å²) in [6, 6.07) is 16.3. The van der Waals surface area contributed by atoms with Crippen LogP contribution in [0.1, 0.15) is 18.1 Å². The van der Waals surface area contributed by atoms with Gasteiger partial charge in [-0.1, -0.05) is 23.7 Å². The van der Waals surface area contributed by atoms with Crippen molar-refractivity contribution in [3.63, 3.8) is 0 Å². The molecule has 1 fully saturated rings. The lowest BCUT2D eigenvalue weighted by Crippen LogP contribution is -2.27. The fraction of sp³-hybridized carbons (Fsp3) is 0.120. The molecule has 4 rings (SSSR count). The van der Waals surface area contributed by atoms with Gasteiger partial charge in [0, 0.05) is 5.02 Å². The van der Waals surface area contributed by atoms with Gasteiger partial charge in [-0.05, 0) is 107 Å². The molecule has 1 heterocycles. The van der Waals surface area contributed by atoms with Gasteiger partial charge in [-0.25, -0.2) is 9.29 Å². The molecule has 5 nitrogen and oxygen atoms in total. The largest absolute Gasteiger partial charge is 0.490 e. The number of nitrogens with zero attached hydrogens (tertiary/aromatic N) is 1. The minimum absolute atomic E-state index is 0.174. The maximum absolute atomic E-state index is 13.5. The molecule has 0 bridgehead atoms. The number of halogens is 3. The van der Waals surface area contributed by atoms with Crippen molar-refractivity contribution in [1.29, 1.82) is 0 Å². The Bertz CT molecular complexity index is 1280. The number of benzene rings is 3. The monoisotopic (exact) mass is 609 g/mol. The molecule has 3 aromatic rings. The van der Waals surface area contributed by atoms with E-state index in [1.54, 1.807) is 48.5 Å². The molecular formula is C25H18ClFINO4S. The minimum Gasteiger partial charge on any atom is -0.490 e. The molecule has 0 N–H and O–H groups in total. The van der Waals surface area contributed by atoms with E-state index < -0.39 is 5.91 Å². The van der Waals surface area contributed by atoms with E-state index >= 15 is 0 Å². The third-order valence-corrected chi connectivity index (χ3v) is 6.70. The Morgan fingerprint density at radius 3 is 2.56 bits per heavy atom. The van der Waals surface area contributed by atoms with Crippen molar-refractivity contribution in [2.75, 3.05) is 11.5 Å². The lowest BCUT2D eigenvalue weighted by atomic mass is 10.1. The fourth-order valence-corrected chi connectivity index (χ4v) is 5.04. The van der Waals surface area contributed by atoms with Crippen LogP contribution in [-0.4, -0.2) is 17.8 Å². The molecule has 1 aliphatic rings. The van der Waals surface area contributed by atoms with Crippen LogP contribution in [0.4, 0.5) is 14.9 Å². The van der Waals surface area contributed by atoms with Crippen LogP contribution in [0, 0.1) is 9.39 Å². The minimum atomic E-state index is -0.406. The Labute approximate surface area is 219 Å². The quantitative estimate of drug-likeness (QED) is 0.208. The predicted octanol–water partition coefficient (Wildman–Crippen LogP) is 7.30. The SMILES string of the molecule is CCOc1cc(/C=C2/SC(=O)N(c3ccc(Cl)cc3)C2=O)cc(I)c1OCc1cccc(F)c1. The first-order valence-electron chi connectivity index (χ1n) is 10.2. The van der Waals surface area contributed by atoms with E-state index in [1.165, 1.54) is 12.1 Å². The molecule has 0 atom stereocenters. The van der Waals surface area contributed by atoms with Crippen LogP contribution >= 0.6 is 46.0 Å². The number of anilines is 1. The Morgan fingerprint density at radius 2 is 1.85 bits per heavy atom. The lowest BCUT2D eigenvalue weighted by molar-refractivity contribution is -0.113. The van der Waals surface area contributed by atoms with Crippen LogP contribution in [0.2, 0.25) is 5.02 Å². The summed E-state index contributed by atoms with van der Waals surface area (Å²) in [7, 11) is 0. The van der Waals surface area contributed by atoms with E-state index in [4.69, 9.17) is 21.1 Å². The zero-order chi connectivity index (χ0) is 24.2. The Hall–Kier alpha value is -2.56. The molecule has 1 saturated heterocycles. The first-order chi connectivity index (χ1) is 16.4. The zero-order valence-electron chi connectivity index (χ0n) is 17.9. The summed E-state index contributed by atoms with van der Waals surface area (Å²) in [5, 5.41) is 0.136. The molecule has 0 aromatic heterocycles. The molecule has 34 heavy (non-hydrogen) atoms. The summed E-state index contributed by atoms with van der Waals surface area (Å²) in [5.41, 5.74) is 1.84. The number of ether oxygens (including phenoxy) is 2. The van der Waals surface area contributed by atoms with Gasteiger partial charge in [-0.15, -0.1) is 0 Å². The molecule has 2 amide bonds. The predicted molar refractivity (Wildman–Crippen MR) is 141 cm³/mol. The Balaban J connectivity index is 1.60. The van der Waals surface area contributed by atoms with Gasteiger partial charge in [0.25, 0.3) is 11.1 Å². The Kier molecular flexibility index (Phi) is 7.80. The smallest absolute Gasteiger partial charge is 0.298 e. The van der Waals surface area contributed by atoms with Crippen LogP contribution < -0.4 is 14.4 Å². The molecular weight excluding hydrogens is 592 g/mol. The molecule has 0 radical (unpaired) electrons. The topological polar surface area (TPSA) is 55.8 Å². The van der Waals surface area contributed by atoms with E-state index in [0.717, 1.165) is 20.2 Å². The number of hydrogen-bond donors (Lipinski definition) is 0. The lowest BCUT2D eigenvalue weighted by Gasteiger charge is -2.15. The molecule has 0 unspecified atom stereocenters. The molecule has 1 aliphatic heterocycles. The number of carbonyl (C=O) groups is 2. The standard InChI is InChI=1S/C25H18ClFINO4S/c1-2-32-21-12-16(11-20(28)23(21)33-14-15-4-3-5-18(27)10-15)13-22-24(30)29(25(31)34-22)19-8-6-17(26)7-9-19/h3-13H,2,14H2,1H3/b22-13+. The van der Waals surface area contributed by atoms with Gasteiger partial charge in [0.15, 0.2) is 11.5 Å². The number of thioether (sulfide) groups is 1. The maximum Gasteiger partial charge on any atom is 0.298 e. The van der Waals surface area contributed by atoms with Gasteiger partial charge in [-0.2, -0.15) is 0 Å². The maximum atomic E-state index is 13.5. The van der Waals surface area contributed by atoms with Gasteiger partial charge in [0.2, 0.25) is 0 Å². The third kappa shape index (κ3) is 5.56. The molecule has 0 spiro atoms. The van der Waals surface area contributed by atoms with Crippen molar-refractivity contribution in [2.45, 2.75) is 13.5 Å². The zero-order valence-corrected chi connectivity index (χ0v) is 21.6. The highest BCUT2D eigenvalue weighted by atomic mass is 127.